The standard InChI is InChI=1S/C13H21N3O3S/c1-9-6-11(14)10(2)12(7-9)20(18,19)16(5)8-13(17)15(3)4/h6-7H,8,14H2,1-5H3. The van der Waals surface area contributed by atoms with E-state index in [9.17, 15) is 13.2 Å². The van der Waals surface area contributed by atoms with E-state index in [1.54, 1.807) is 40.1 Å². The highest BCUT2D eigenvalue weighted by molar-refractivity contribution is 7.89. The molecular weight excluding hydrogens is 278 g/mol. The Balaban J connectivity index is 3.21. The third-order valence-electron chi connectivity index (χ3n) is 3.09. The van der Waals surface area contributed by atoms with E-state index >= 15 is 0 Å². The average Bonchev–Trinajstić information content (AvgIpc) is 2.33. The summed E-state index contributed by atoms with van der Waals surface area (Å²) in [4.78, 5) is 13.1. The van der Waals surface area contributed by atoms with E-state index in [1.807, 2.05) is 0 Å². The minimum absolute atomic E-state index is 0.143. The number of nitrogens with zero attached hydrogens (tertiary/aromatic N) is 2. The number of aryl methyl sites for hydroxylation is 1. The van der Waals surface area contributed by atoms with Crippen molar-refractivity contribution in [1.82, 2.24) is 9.21 Å². The van der Waals surface area contributed by atoms with Gasteiger partial charge in [-0.25, -0.2) is 8.42 Å². The van der Waals surface area contributed by atoms with Crippen LogP contribution >= 0.6 is 0 Å². The predicted molar refractivity (Wildman–Crippen MR) is 78.8 cm³/mol. The number of benzene rings is 1. The maximum absolute atomic E-state index is 12.5. The zero-order valence-electron chi connectivity index (χ0n) is 12.5. The SMILES string of the molecule is Cc1cc(N)c(C)c(S(=O)(=O)N(C)CC(=O)N(C)C)c1. The maximum atomic E-state index is 12.5. The van der Waals surface area contributed by atoms with E-state index in [-0.39, 0.29) is 17.3 Å². The number of sulfonamides is 1. The number of nitrogens with two attached hydrogens (primary N) is 1. The van der Waals surface area contributed by atoms with Gasteiger partial charge in [-0.05, 0) is 37.1 Å². The van der Waals surface area contributed by atoms with Crippen molar-refractivity contribution in [2.45, 2.75) is 18.7 Å². The van der Waals surface area contributed by atoms with Crippen molar-refractivity contribution in [3.8, 4) is 0 Å². The molecular formula is C13H21N3O3S. The summed E-state index contributed by atoms with van der Waals surface area (Å²) in [6.07, 6.45) is 0. The van der Waals surface area contributed by atoms with Gasteiger partial charge in [0.2, 0.25) is 15.9 Å². The third-order valence-corrected chi connectivity index (χ3v) is 5.02. The lowest BCUT2D eigenvalue weighted by atomic mass is 10.1. The van der Waals surface area contributed by atoms with Crippen LogP contribution in [0.1, 0.15) is 11.1 Å². The van der Waals surface area contributed by atoms with Crippen molar-refractivity contribution in [1.29, 1.82) is 0 Å². The molecule has 6 nitrogen and oxygen atoms in total. The van der Waals surface area contributed by atoms with Crippen LogP contribution in [0.2, 0.25) is 0 Å². The molecule has 112 valence electrons. The fraction of sp³-hybridized carbons (Fsp3) is 0.462. The molecule has 0 aliphatic carbocycles. The number of nitrogen functional groups attached to an aromatic ring is 1. The number of hydrogen-bond acceptors (Lipinski definition) is 4. The second-order valence-corrected chi connectivity index (χ2v) is 7.04. The molecule has 0 aromatic heterocycles. The first kappa shape index (κ1) is 16.5. The number of rotatable bonds is 4. The Bertz CT molecular complexity index is 624. The van der Waals surface area contributed by atoms with Crippen LogP contribution in [0.25, 0.3) is 0 Å². The van der Waals surface area contributed by atoms with Crippen LogP contribution in [0, 0.1) is 13.8 Å². The lowest BCUT2D eigenvalue weighted by Crippen LogP contribution is -2.38. The summed E-state index contributed by atoms with van der Waals surface area (Å²) < 4.78 is 26.1. The normalized spacial score (nSPS) is 11.7. The van der Waals surface area contributed by atoms with Crippen molar-refractivity contribution in [3.05, 3.63) is 23.3 Å². The molecule has 1 aromatic rings. The lowest BCUT2D eigenvalue weighted by molar-refractivity contribution is -0.128. The van der Waals surface area contributed by atoms with Crippen molar-refractivity contribution in [3.63, 3.8) is 0 Å². The van der Waals surface area contributed by atoms with Gasteiger partial charge in [-0.1, -0.05) is 0 Å². The van der Waals surface area contributed by atoms with Crippen LogP contribution < -0.4 is 5.73 Å². The van der Waals surface area contributed by atoms with Gasteiger partial charge in [0, 0.05) is 26.8 Å². The van der Waals surface area contributed by atoms with Crippen LogP contribution in [-0.4, -0.2) is 51.2 Å². The van der Waals surface area contributed by atoms with Gasteiger partial charge in [0.15, 0.2) is 0 Å². The monoisotopic (exact) mass is 299 g/mol. The minimum atomic E-state index is -3.74. The highest BCUT2D eigenvalue weighted by Crippen LogP contribution is 2.25. The molecule has 0 fully saturated rings. The molecule has 2 N–H and O–H groups in total. The van der Waals surface area contributed by atoms with Crippen LogP contribution in [-0.2, 0) is 14.8 Å². The summed E-state index contributed by atoms with van der Waals surface area (Å²) in [6, 6.07) is 3.29. The number of carbonyl (C=O) groups excluding carboxylic acids is 1. The fourth-order valence-electron chi connectivity index (χ4n) is 1.71. The first-order valence-electron chi connectivity index (χ1n) is 6.10. The minimum Gasteiger partial charge on any atom is -0.398 e. The van der Waals surface area contributed by atoms with Crippen LogP contribution in [0.5, 0.6) is 0 Å². The van der Waals surface area contributed by atoms with Crippen molar-refractivity contribution in [2.24, 2.45) is 0 Å². The molecule has 0 atom stereocenters. The zero-order chi connectivity index (χ0) is 15.7. The first-order chi connectivity index (χ1) is 9.07. The Labute approximate surface area is 120 Å². The highest BCUT2D eigenvalue weighted by Gasteiger charge is 2.26. The third kappa shape index (κ3) is 3.29. The molecule has 1 rings (SSSR count). The summed E-state index contributed by atoms with van der Waals surface area (Å²) in [6.45, 7) is 3.23. The Morgan fingerprint density at radius 3 is 2.25 bits per heavy atom. The number of anilines is 1. The van der Waals surface area contributed by atoms with E-state index in [0.29, 0.717) is 11.3 Å². The average molecular weight is 299 g/mol. The van der Waals surface area contributed by atoms with Crippen LogP contribution in [0.4, 0.5) is 5.69 Å². The van der Waals surface area contributed by atoms with E-state index in [2.05, 4.69) is 0 Å². The second kappa shape index (κ2) is 5.80. The highest BCUT2D eigenvalue weighted by atomic mass is 32.2. The fourth-order valence-corrected chi connectivity index (χ4v) is 3.16. The molecule has 0 radical (unpaired) electrons. The first-order valence-corrected chi connectivity index (χ1v) is 7.54. The van der Waals surface area contributed by atoms with E-state index in [1.165, 1.54) is 11.9 Å². The summed E-state index contributed by atoms with van der Waals surface area (Å²) in [5, 5.41) is 0. The molecule has 0 heterocycles. The molecule has 0 bridgehead atoms. The molecule has 1 aromatic carbocycles. The maximum Gasteiger partial charge on any atom is 0.243 e. The quantitative estimate of drug-likeness (QED) is 0.825. The molecule has 0 saturated heterocycles. The summed E-state index contributed by atoms with van der Waals surface area (Å²) in [5.74, 6) is -0.283. The summed E-state index contributed by atoms with van der Waals surface area (Å²) >= 11 is 0. The Morgan fingerprint density at radius 2 is 1.75 bits per heavy atom. The van der Waals surface area contributed by atoms with Crippen LogP contribution in [0.15, 0.2) is 17.0 Å². The van der Waals surface area contributed by atoms with Gasteiger partial charge in [0.25, 0.3) is 0 Å². The lowest BCUT2D eigenvalue weighted by Gasteiger charge is -2.21. The number of amides is 1. The Kier molecular flexibility index (Phi) is 4.77. The summed E-state index contributed by atoms with van der Waals surface area (Å²) in [7, 11) is 0.810. The number of carbonyl (C=O) groups is 1. The summed E-state index contributed by atoms with van der Waals surface area (Å²) in [5.41, 5.74) is 7.50. The number of likely N-dealkylation sites (N-methyl/N-ethyl adjacent to an activating group) is 2. The molecule has 1 amide bonds. The van der Waals surface area contributed by atoms with E-state index < -0.39 is 10.0 Å². The van der Waals surface area contributed by atoms with E-state index in [0.717, 1.165) is 9.87 Å². The second-order valence-electron chi connectivity index (χ2n) is 5.03. The van der Waals surface area contributed by atoms with Crippen molar-refractivity contribution < 1.29 is 13.2 Å². The molecule has 0 spiro atoms. The van der Waals surface area contributed by atoms with Crippen molar-refractivity contribution in [2.75, 3.05) is 33.4 Å². The topological polar surface area (TPSA) is 83.7 Å². The molecule has 20 heavy (non-hydrogen) atoms. The molecule has 7 heteroatoms. The smallest absolute Gasteiger partial charge is 0.243 e. The van der Waals surface area contributed by atoms with Crippen molar-refractivity contribution >= 4 is 21.6 Å². The number of hydrogen-bond donors (Lipinski definition) is 1. The Morgan fingerprint density at radius 1 is 1.20 bits per heavy atom. The van der Waals surface area contributed by atoms with Gasteiger partial charge in [-0.2, -0.15) is 4.31 Å². The predicted octanol–water partition coefficient (Wildman–Crippen LogP) is 0.594. The zero-order valence-corrected chi connectivity index (χ0v) is 13.3. The molecule has 0 aliphatic rings. The van der Waals surface area contributed by atoms with Crippen LogP contribution in [0.3, 0.4) is 0 Å². The van der Waals surface area contributed by atoms with Gasteiger partial charge in [0.05, 0.1) is 11.4 Å². The van der Waals surface area contributed by atoms with Gasteiger partial charge in [-0.15, -0.1) is 0 Å². The molecule has 0 saturated carbocycles. The Hall–Kier alpha value is -1.60. The van der Waals surface area contributed by atoms with E-state index in [4.69, 9.17) is 5.73 Å². The van der Waals surface area contributed by atoms with Gasteiger partial charge >= 0.3 is 0 Å². The van der Waals surface area contributed by atoms with Gasteiger partial charge in [0.1, 0.15) is 0 Å². The molecule has 0 unspecified atom stereocenters. The van der Waals surface area contributed by atoms with Gasteiger partial charge < -0.3 is 10.6 Å². The largest absolute Gasteiger partial charge is 0.398 e. The molecule has 0 aliphatic heterocycles. The van der Waals surface area contributed by atoms with Gasteiger partial charge in [-0.3, -0.25) is 4.79 Å².